The Morgan fingerprint density at radius 3 is 2.69 bits per heavy atom. The highest BCUT2D eigenvalue weighted by Crippen LogP contribution is 2.26. The Hall–Kier alpha value is -2.45. The van der Waals surface area contributed by atoms with E-state index in [4.69, 9.17) is 11.6 Å². The maximum Gasteiger partial charge on any atom is 0.269 e. The predicted molar refractivity (Wildman–Crippen MR) is 99.1 cm³/mol. The zero-order chi connectivity index (χ0) is 18.7. The van der Waals surface area contributed by atoms with Gasteiger partial charge in [-0.1, -0.05) is 41.6 Å². The molecular formula is C17H13ClFN3O3S. The summed E-state index contributed by atoms with van der Waals surface area (Å²) < 4.78 is 14.0. The van der Waals surface area contributed by atoms with Gasteiger partial charge in [0.2, 0.25) is 0 Å². The molecule has 0 unspecified atom stereocenters. The molecule has 1 aliphatic heterocycles. The summed E-state index contributed by atoms with van der Waals surface area (Å²) in [7, 11) is 0. The Balaban J connectivity index is 1.70. The number of halogens is 2. The Kier molecular flexibility index (Phi) is 5.53. The van der Waals surface area contributed by atoms with Gasteiger partial charge >= 0.3 is 0 Å². The summed E-state index contributed by atoms with van der Waals surface area (Å²) in [6.45, 7) is 0.784. The van der Waals surface area contributed by atoms with Crippen molar-refractivity contribution in [2.75, 3.05) is 13.1 Å². The monoisotopic (exact) mass is 393 g/mol. The lowest BCUT2D eigenvalue weighted by atomic mass is 10.2. The zero-order valence-corrected chi connectivity index (χ0v) is 15.0. The molecule has 26 heavy (non-hydrogen) atoms. The largest absolute Gasteiger partial charge is 0.285 e. The second-order valence-electron chi connectivity index (χ2n) is 5.43. The number of benzene rings is 2. The lowest BCUT2D eigenvalue weighted by Gasteiger charge is -2.18. The number of carbonyl (C=O) groups excluding carboxylic acids is 1. The Morgan fingerprint density at radius 1 is 1.31 bits per heavy atom. The van der Waals surface area contributed by atoms with Crippen molar-refractivity contribution >= 4 is 40.1 Å². The molecule has 9 heteroatoms. The molecule has 1 heterocycles. The van der Waals surface area contributed by atoms with Crippen LogP contribution in [0.1, 0.15) is 15.9 Å². The van der Waals surface area contributed by atoms with E-state index in [1.165, 1.54) is 47.0 Å². The summed E-state index contributed by atoms with van der Waals surface area (Å²) in [5, 5.41) is 11.2. The van der Waals surface area contributed by atoms with Gasteiger partial charge in [-0.25, -0.2) is 4.39 Å². The molecule has 0 saturated heterocycles. The molecule has 134 valence electrons. The standard InChI is InChI=1S/C17H13ClFN3O3S/c18-13-2-1-3-14(19)15(13)16(23)21-9-8-20-17(21)26-10-11-4-6-12(7-5-11)22(24)25/h1-7H,8-10H2. The first-order valence-corrected chi connectivity index (χ1v) is 9.00. The van der Waals surface area contributed by atoms with Gasteiger partial charge in [-0.2, -0.15) is 0 Å². The van der Waals surface area contributed by atoms with Gasteiger partial charge in [-0.15, -0.1) is 0 Å². The van der Waals surface area contributed by atoms with Gasteiger partial charge < -0.3 is 0 Å². The van der Waals surface area contributed by atoms with E-state index in [-0.39, 0.29) is 16.3 Å². The molecule has 6 nitrogen and oxygen atoms in total. The number of non-ortho nitro benzene ring substituents is 1. The summed E-state index contributed by atoms with van der Waals surface area (Å²) in [4.78, 5) is 28.6. The normalized spacial score (nSPS) is 13.6. The van der Waals surface area contributed by atoms with E-state index in [0.717, 1.165) is 5.56 Å². The van der Waals surface area contributed by atoms with Gasteiger partial charge in [0.15, 0.2) is 5.17 Å². The van der Waals surface area contributed by atoms with Gasteiger partial charge in [-0.05, 0) is 17.7 Å². The number of amides is 1. The van der Waals surface area contributed by atoms with Gasteiger partial charge in [0.25, 0.3) is 11.6 Å². The van der Waals surface area contributed by atoms with E-state index in [0.29, 0.717) is 24.0 Å². The Labute approximate surface area is 157 Å². The van der Waals surface area contributed by atoms with Crippen LogP contribution in [-0.4, -0.2) is 34.0 Å². The van der Waals surface area contributed by atoms with Crippen molar-refractivity contribution in [3.05, 3.63) is 74.5 Å². The van der Waals surface area contributed by atoms with E-state index >= 15 is 0 Å². The molecule has 0 saturated carbocycles. The molecule has 0 fully saturated rings. The van der Waals surface area contributed by atoms with Crippen LogP contribution in [0.25, 0.3) is 0 Å². The predicted octanol–water partition coefficient (Wildman–Crippen LogP) is 4.13. The molecule has 0 spiro atoms. The van der Waals surface area contributed by atoms with Crippen LogP contribution in [-0.2, 0) is 5.75 Å². The first-order chi connectivity index (χ1) is 12.5. The number of amidine groups is 1. The third-order valence-corrected chi connectivity index (χ3v) is 5.14. The Bertz CT molecular complexity index is 869. The molecule has 3 rings (SSSR count). The lowest BCUT2D eigenvalue weighted by molar-refractivity contribution is -0.384. The summed E-state index contributed by atoms with van der Waals surface area (Å²) in [5.74, 6) is -0.722. The highest BCUT2D eigenvalue weighted by molar-refractivity contribution is 8.13. The van der Waals surface area contributed by atoms with Crippen molar-refractivity contribution in [1.29, 1.82) is 0 Å². The first kappa shape index (κ1) is 18.3. The number of aliphatic imine (C=N–C) groups is 1. The number of rotatable bonds is 4. The first-order valence-electron chi connectivity index (χ1n) is 7.64. The van der Waals surface area contributed by atoms with Gasteiger partial charge in [0, 0.05) is 24.4 Å². The molecule has 0 aliphatic carbocycles. The molecule has 0 N–H and O–H groups in total. The van der Waals surface area contributed by atoms with E-state index in [2.05, 4.69) is 4.99 Å². The third kappa shape index (κ3) is 3.86. The smallest absolute Gasteiger partial charge is 0.269 e. The van der Waals surface area contributed by atoms with E-state index in [1.807, 2.05) is 0 Å². The molecular weight excluding hydrogens is 381 g/mol. The van der Waals surface area contributed by atoms with Crippen LogP contribution in [0.5, 0.6) is 0 Å². The van der Waals surface area contributed by atoms with Crippen LogP contribution in [0.2, 0.25) is 5.02 Å². The van der Waals surface area contributed by atoms with Crippen molar-refractivity contribution in [3.8, 4) is 0 Å². The zero-order valence-electron chi connectivity index (χ0n) is 13.4. The average Bonchev–Trinajstić information content (AvgIpc) is 3.08. The molecule has 2 aromatic rings. The summed E-state index contributed by atoms with van der Waals surface area (Å²) >= 11 is 7.29. The molecule has 1 amide bonds. The maximum absolute atomic E-state index is 14.0. The number of nitro benzene ring substituents is 1. The molecule has 2 aromatic carbocycles. The van der Waals surface area contributed by atoms with Crippen LogP contribution < -0.4 is 0 Å². The fourth-order valence-corrected chi connectivity index (χ4v) is 3.68. The SMILES string of the molecule is O=C(c1c(F)cccc1Cl)N1CCN=C1SCc1ccc([N+](=O)[O-])cc1. The van der Waals surface area contributed by atoms with Gasteiger partial charge in [0.1, 0.15) is 5.82 Å². The van der Waals surface area contributed by atoms with E-state index < -0.39 is 16.6 Å². The van der Waals surface area contributed by atoms with Gasteiger partial charge in [-0.3, -0.25) is 24.8 Å². The number of thioether (sulfide) groups is 1. The number of nitrogens with zero attached hydrogens (tertiary/aromatic N) is 3. The van der Waals surface area contributed by atoms with E-state index in [1.54, 1.807) is 12.1 Å². The molecule has 1 aliphatic rings. The van der Waals surface area contributed by atoms with Crippen LogP contribution in [0.4, 0.5) is 10.1 Å². The third-order valence-electron chi connectivity index (χ3n) is 3.74. The maximum atomic E-state index is 14.0. The van der Waals surface area contributed by atoms with Gasteiger partial charge in [0.05, 0.1) is 22.1 Å². The summed E-state index contributed by atoms with van der Waals surface area (Å²) in [6, 6.07) is 10.3. The van der Waals surface area contributed by atoms with Crippen LogP contribution in [0, 0.1) is 15.9 Å². The number of hydrogen-bond acceptors (Lipinski definition) is 5. The summed E-state index contributed by atoms with van der Waals surface area (Å²) in [5.41, 5.74) is 0.703. The average molecular weight is 394 g/mol. The van der Waals surface area contributed by atoms with Crippen LogP contribution in [0.3, 0.4) is 0 Å². The topological polar surface area (TPSA) is 75.8 Å². The fraction of sp³-hybridized carbons (Fsp3) is 0.176. The quantitative estimate of drug-likeness (QED) is 0.578. The van der Waals surface area contributed by atoms with Crippen LogP contribution >= 0.6 is 23.4 Å². The van der Waals surface area contributed by atoms with Crippen molar-refractivity contribution in [3.63, 3.8) is 0 Å². The van der Waals surface area contributed by atoms with Crippen molar-refractivity contribution in [1.82, 2.24) is 4.90 Å². The number of hydrogen-bond donors (Lipinski definition) is 0. The molecule has 0 atom stereocenters. The minimum absolute atomic E-state index is 0.0166. The fourth-order valence-electron chi connectivity index (χ4n) is 2.44. The minimum Gasteiger partial charge on any atom is -0.285 e. The molecule has 0 aromatic heterocycles. The second kappa shape index (κ2) is 7.84. The number of carbonyl (C=O) groups is 1. The molecule has 0 radical (unpaired) electrons. The molecule has 0 bridgehead atoms. The summed E-state index contributed by atoms with van der Waals surface area (Å²) in [6.07, 6.45) is 0. The highest BCUT2D eigenvalue weighted by atomic mass is 35.5. The Morgan fingerprint density at radius 2 is 2.04 bits per heavy atom. The second-order valence-corrected chi connectivity index (χ2v) is 6.78. The van der Waals surface area contributed by atoms with Crippen molar-refractivity contribution in [2.45, 2.75) is 5.75 Å². The van der Waals surface area contributed by atoms with Crippen LogP contribution in [0.15, 0.2) is 47.5 Å². The van der Waals surface area contributed by atoms with E-state index in [9.17, 15) is 19.3 Å². The lowest BCUT2D eigenvalue weighted by Crippen LogP contribution is -2.33. The van der Waals surface area contributed by atoms with Crippen molar-refractivity contribution in [2.24, 2.45) is 4.99 Å². The highest BCUT2D eigenvalue weighted by Gasteiger charge is 2.28. The van der Waals surface area contributed by atoms with Crippen molar-refractivity contribution < 1.29 is 14.1 Å². The number of nitro groups is 1. The minimum atomic E-state index is -0.672.